The van der Waals surface area contributed by atoms with Gasteiger partial charge in [0.05, 0.1) is 12.3 Å². The van der Waals surface area contributed by atoms with Gasteiger partial charge in [-0.05, 0) is 43.0 Å². The van der Waals surface area contributed by atoms with Crippen molar-refractivity contribution in [3.05, 3.63) is 60.1 Å². The molecule has 0 saturated carbocycles. The number of likely N-dealkylation sites (tertiary alicyclic amines) is 1. The molecule has 0 radical (unpaired) electrons. The van der Waals surface area contributed by atoms with Crippen LogP contribution in [0.5, 0.6) is 0 Å². The summed E-state index contributed by atoms with van der Waals surface area (Å²) in [6.45, 7) is 4.10. The number of piperidine rings is 1. The molecule has 2 N–H and O–H groups in total. The van der Waals surface area contributed by atoms with Crippen LogP contribution in [0.25, 0.3) is 0 Å². The van der Waals surface area contributed by atoms with Crippen LogP contribution < -0.4 is 5.73 Å². The van der Waals surface area contributed by atoms with E-state index in [1.165, 1.54) is 18.4 Å². The number of nitrogens with zero attached hydrogens (tertiary/aromatic N) is 1. The molecule has 21 heavy (non-hydrogen) atoms. The van der Waals surface area contributed by atoms with Crippen LogP contribution in [0.3, 0.4) is 0 Å². The van der Waals surface area contributed by atoms with Crippen LogP contribution in [0.15, 0.2) is 53.1 Å². The Hall–Kier alpha value is -1.58. The Balaban J connectivity index is 1.95. The standard InChI is InChI=1S/C18H24N2O/c1-14-9-10-20(16(12-14)13-19)18(17-8-5-11-21-17)15-6-3-2-4-7-15/h2-8,11,14,16,18H,9-10,12-13,19H2,1H3. The van der Waals surface area contributed by atoms with Gasteiger partial charge in [0.25, 0.3) is 0 Å². The molecule has 3 unspecified atom stereocenters. The summed E-state index contributed by atoms with van der Waals surface area (Å²) in [7, 11) is 0. The van der Waals surface area contributed by atoms with Gasteiger partial charge in [-0.3, -0.25) is 4.90 Å². The molecule has 1 aliphatic rings. The topological polar surface area (TPSA) is 42.4 Å². The Morgan fingerprint density at radius 2 is 2.05 bits per heavy atom. The molecule has 3 rings (SSSR count). The molecule has 0 bridgehead atoms. The second-order valence-electron chi connectivity index (χ2n) is 6.09. The van der Waals surface area contributed by atoms with E-state index in [0.29, 0.717) is 12.6 Å². The number of nitrogens with two attached hydrogens (primary N) is 1. The highest BCUT2D eigenvalue weighted by Crippen LogP contribution is 2.35. The van der Waals surface area contributed by atoms with E-state index in [1.54, 1.807) is 6.26 Å². The summed E-state index contributed by atoms with van der Waals surface area (Å²) in [5.74, 6) is 1.76. The number of furan rings is 1. The van der Waals surface area contributed by atoms with Gasteiger partial charge in [-0.2, -0.15) is 0 Å². The maximum atomic E-state index is 6.05. The zero-order valence-electron chi connectivity index (χ0n) is 12.6. The van der Waals surface area contributed by atoms with E-state index in [4.69, 9.17) is 10.2 Å². The van der Waals surface area contributed by atoms with Gasteiger partial charge in [0.2, 0.25) is 0 Å². The van der Waals surface area contributed by atoms with E-state index in [1.807, 2.05) is 6.07 Å². The van der Waals surface area contributed by atoms with E-state index in [0.717, 1.165) is 18.2 Å². The Morgan fingerprint density at radius 1 is 1.24 bits per heavy atom. The van der Waals surface area contributed by atoms with Crippen molar-refractivity contribution in [3.63, 3.8) is 0 Å². The molecule has 3 atom stereocenters. The molecule has 1 fully saturated rings. The lowest BCUT2D eigenvalue weighted by atomic mass is 9.89. The molecule has 0 aliphatic carbocycles. The van der Waals surface area contributed by atoms with E-state index in [2.05, 4.69) is 48.2 Å². The summed E-state index contributed by atoms with van der Waals surface area (Å²) in [6, 6.07) is 15.2. The van der Waals surface area contributed by atoms with Gasteiger partial charge in [-0.1, -0.05) is 37.3 Å². The van der Waals surface area contributed by atoms with Gasteiger partial charge >= 0.3 is 0 Å². The number of benzene rings is 1. The third-order valence-corrected chi connectivity index (χ3v) is 4.56. The smallest absolute Gasteiger partial charge is 0.125 e. The van der Waals surface area contributed by atoms with Crippen molar-refractivity contribution in [1.82, 2.24) is 4.90 Å². The Morgan fingerprint density at radius 3 is 2.71 bits per heavy atom. The van der Waals surface area contributed by atoms with Crippen LogP contribution in [0.2, 0.25) is 0 Å². The van der Waals surface area contributed by atoms with Crippen molar-refractivity contribution < 1.29 is 4.42 Å². The second-order valence-corrected chi connectivity index (χ2v) is 6.09. The molecular formula is C18H24N2O. The maximum absolute atomic E-state index is 6.05. The van der Waals surface area contributed by atoms with Crippen molar-refractivity contribution in [3.8, 4) is 0 Å². The van der Waals surface area contributed by atoms with Crippen molar-refractivity contribution in [1.29, 1.82) is 0 Å². The first kappa shape index (κ1) is 14.4. The Kier molecular flexibility index (Phi) is 4.42. The molecule has 2 aromatic rings. The highest BCUT2D eigenvalue weighted by atomic mass is 16.3. The van der Waals surface area contributed by atoms with Gasteiger partial charge in [-0.25, -0.2) is 0 Å². The molecule has 0 spiro atoms. The number of hydrogen-bond donors (Lipinski definition) is 1. The van der Waals surface area contributed by atoms with E-state index in [-0.39, 0.29) is 6.04 Å². The van der Waals surface area contributed by atoms with Crippen molar-refractivity contribution in [2.24, 2.45) is 11.7 Å². The first-order valence-electron chi connectivity index (χ1n) is 7.83. The first-order valence-corrected chi connectivity index (χ1v) is 7.83. The van der Waals surface area contributed by atoms with Crippen molar-refractivity contribution >= 4 is 0 Å². The van der Waals surface area contributed by atoms with Crippen molar-refractivity contribution in [2.45, 2.75) is 31.8 Å². The lowest BCUT2D eigenvalue weighted by Crippen LogP contribution is -2.48. The summed E-state index contributed by atoms with van der Waals surface area (Å²) in [5, 5.41) is 0. The molecule has 1 aromatic heterocycles. The number of hydrogen-bond acceptors (Lipinski definition) is 3. The highest BCUT2D eigenvalue weighted by Gasteiger charge is 2.33. The average molecular weight is 284 g/mol. The molecule has 112 valence electrons. The van der Waals surface area contributed by atoms with Gasteiger partial charge < -0.3 is 10.2 Å². The quantitative estimate of drug-likeness (QED) is 0.935. The minimum Gasteiger partial charge on any atom is -0.467 e. The molecule has 3 nitrogen and oxygen atoms in total. The van der Waals surface area contributed by atoms with Gasteiger partial charge in [0.15, 0.2) is 0 Å². The predicted molar refractivity (Wildman–Crippen MR) is 84.9 cm³/mol. The first-order chi connectivity index (χ1) is 10.3. The Bertz CT molecular complexity index is 538. The molecule has 1 aliphatic heterocycles. The Labute approximate surface area is 126 Å². The van der Waals surface area contributed by atoms with Crippen LogP contribution in [-0.2, 0) is 0 Å². The maximum Gasteiger partial charge on any atom is 0.125 e. The molecule has 2 heterocycles. The zero-order valence-corrected chi connectivity index (χ0v) is 12.6. The summed E-state index contributed by atoms with van der Waals surface area (Å²) >= 11 is 0. The minimum atomic E-state index is 0.169. The average Bonchev–Trinajstić information content (AvgIpc) is 3.04. The van der Waals surface area contributed by atoms with Crippen LogP contribution in [0.1, 0.15) is 37.1 Å². The normalized spacial score (nSPS) is 24.9. The summed E-state index contributed by atoms with van der Waals surface area (Å²) in [4.78, 5) is 2.52. The van der Waals surface area contributed by atoms with Crippen LogP contribution in [0, 0.1) is 5.92 Å². The lowest BCUT2D eigenvalue weighted by Gasteiger charge is -2.42. The third-order valence-electron chi connectivity index (χ3n) is 4.56. The van der Waals surface area contributed by atoms with E-state index >= 15 is 0 Å². The second kappa shape index (κ2) is 6.46. The van der Waals surface area contributed by atoms with Crippen LogP contribution >= 0.6 is 0 Å². The highest BCUT2D eigenvalue weighted by molar-refractivity contribution is 5.27. The van der Waals surface area contributed by atoms with Crippen LogP contribution in [0.4, 0.5) is 0 Å². The van der Waals surface area contributed by atoms with Crippen molar-refractivity contribution in [2.75, 3.05) is 13.1 Å². The van der Waals surface area contributed by atoms with E-state index < -0.39 is 0 Å². The van der Waals surface area contributed by atoms with Gasteiger partial charge in [0.1, 0.15) is 5.76 Å². The zero-order chi connectivity index (χ0) is 14.7. The fourth-order valence-electron chi connectivity index (χ4n) is 3.44. The summed E-state index contributed by atoms with van der Waals surface area (Å²) < 4.78 is 5.74. The fourth-order valence-corrected chi connectivity index (χ4v) is 3.44. The van der Waals surface area contributed by atoms with Crippen LogP contribution in [-0.4, -0.2) is 24.0 Å². The molecule has 1 aromatic carbocycles. The van der Waals surface area contributed by atoms with Gasteiger partial charge in [-0.15, -0.1) is 0 Å². The SMILES string of the molecule is CC1CCN(C(c2ccccc2)c2ccco2)C(CN)C1. The molecule has 1 saturated heterocycles. The lowest BCUT2D eigenvalue weighted by molar-refractivity contribution is 0.0826. The number of rotatable bonds is 4. The largest absolute Gasteiger partial charge is 0.467 e. The van der Waals surface area contributed by atoms with Gasteiger partial charge in [0, 0.05) is 12.6 Å². The molecular weight excluding hydrogens is 260 g/mol. The van der Waals surface area contributed by atoms with E-state index in [9.17, 15) is 0 Å². The summed E-state index contributed by atoms with van der Waals surface area (Å²) in [5.41, 5.74) is 7.33. The minimum absolute atomic E-state index is 0.169. The molecule has 0 amide bonds. The predicted octanol–water partition coefficient (Wildman–Crippen LogP) is 3.43. The third kappa shape index (κ3) is 3.04. The summed E-state index contributed by atoms with van der Waals surface area (Å²) in [6.07, 6.45) is 4.15. The molecule has 3 heteroatoms. The fraction of sp³-hybridized carbons (Fsp3) is 0.444. The monoisotopic (exact) mass is 284 g/mol.